The first-order valence-corrected chi connectivity index (χ1v) is 13.8. The number of morpholine rings is 1. The maximum Gasteiger partial charge on any atom is 0.410 e. The zero-order valence-corrected chi connectivity index (χ0v) is 22.6. The van der Waals surface area contributed by atoms with E-state index in [0.717, 1.165) is 99.5 Å². The van der Waals surface area contributed by atoms with Gasteiger partial charge in [-0.3, -0.25) is 9.88 Å². The van der Waals surface area contributed by atoms with Crippen molar-refractivity contribution in [2.75, 3.05) is 62.7 Å². The van der Waals surface area contributed by atoms with Gasteiger partial charge < -0.3 is 29.3 Å². The molecular weight excluding hydrogens is 484 g/mol. The number of carbonyl (C=O) groups excluding carboxylic acids is 1. The van der Waals surface area contributed by atoms with Crippen LogP contribution in [0.3, 0.4) is 0 Å². The molecule has 10 nitrogen and oxygen atoms in total. The second-order valence-electron chi connectivity index (χ2n) is 11.6. The predicted molar refractivity (Wildman–Crippen MR) is 144 cm³/mol. The van der Waals surface area contributed by atoms with Gasteiger partial charge in [-0.05, 0) is 58.8 Å². The molecular formula is C28H38N6O4. The maximum absolute atomic E-state index is 12.3. The van der Waals surface area contributed by atoms with Gasteiger partial charge in [0.15, 0.2) is 5.75 Å². The highest BCUT2D eigenvalue weighted by atomic mass is 16.6. The molecule has 2 aromatic rings. The van der Waals surface area contributed by atoms with E-state index in [1.807, 2.05) is 33.2 Å². The van der Waals surface area contributed by atoms with E-state index in [-0.39, 0.29) is 6.09 Å². The van der Waals surface area contributed by atoms with E-state index in [4.69, 9.17) is 19.2 Å². The van der Waals surface area contributed by atoms with Crippen LogP contribution >= 0.6 is 0 Å². The van der Waals surface area contributed by atoms with Gasteiger partial charge in [0.2, 0.25) is 0 Å². The largest absolute Gasteiger partial charge is 0.485 e. The van der Waals surface area contributed by atoms with Crippen molar-refractivity contribution in [2.24, 2.45) is 0 Å². The number of rotatable bonds is 3. The smallest absolute Gasteiger partial charge is 0.410 e. The molecule has 0 radical (unpaired) electrons. The van der Waals surface area contributed by atoms with Crippen LogP contribution in [-0.2, 0) is 16.1 Å². The van der Waals surface area contributed by atoms with Crippen molar-refractivity contribution >= 4 is 23.3 Å². The lowest BCUT2D eigenvalue weighted by Gasteiger charge is -2.47. The summed E-state index contributed by atoms with van der Waals surface area (Å²) in [5.74, 6) is 2.00. The normalized spacial score (nSPS) is 20.9. The molecule has 3 fully saturated rings. The Bertz CT molecular complexity index is 1160. The summed E-state index contributed by atoms with van der Waals surface area (Å²) < 4.78 is 17.2. The lowest BCUT2D eigenvalue weighted by molar-refractivity contribution is -0.0197. The fourth-order valence-electron chi connectivity index (χ4n) is 5.73. The summed E-state index contributed by atoms with van der Waals surface area (Å²) in [5, 5.41) is 3.54. The van der Waals surface area contributed by atoms with Crippen LogP contribution in [0.1, 0.15) is 50.8 Å². The number of ether oxygens (including phenoxy) is 3. The van der Waals surface area contributed by atoms with Crippen LogP contribution in [0.4, 0.5) is 22.0 Å². The Labute approximate surface area is 224 Å². The molecule has 4 aliphatic heterocycles. The lowest BCUT2D eigenvalue weighted by Crippen LogP contribution is -2.62. The SMILES string of the molecule is CC(C)(C)OC(=O)N1CC(N2CCC(c3cc4c(cn3)OCc3c(N5CCOCC5)ccnc3N4)CC2)C1. The van der Waals surface area contributed by atoms with Gasteiger partial charge in [0.05, 0.1) is 30.7 Å². The van der Waals surface area contributed by atoms with E-state index in [1.54, 1.807) is 4.90 Å². The number of nitrogens with zero attached hydrogens (tertiary/aromatic N) is 5. The Morgan fingerprint density at radius 1 is 1.11 bits per heavy atom. The number of nitrogens with one attached hydrogen (secondary N) is 1. The summed E-state index contributed by atoms with van der Waals surface area (Å²) in [4.78, 5) is 28.4. The molecule has 1 amide bonds. The summed E-state index contributed by atoms with van der Waals surface area (Å²) in [5.41, 5.74) is 3.79. The third kappa shape index (κ3) is 5.24. The molecule has 1 N–H and O–H groups in total. The van der Waals surface area contributed by atoms with Crippen molar-refractivity contribution in [2.45, 2.75) is 57.8 Å². The minimum absolute atomic E-state index is 0.208. The average Bonchev–Trinajstić information content (AvgIpc) is 3.06. The van der Waals surface area contributed by atoms with Crippen LogP contribution in [-0.4, -0.2) is 90.0 Å². The second kappa shape index (κ2) is 10.2. The molecule has 0 spiro atoms. The Morgan fingerprint density at radius 2 is 1.87 bits per heavy atom. The van der Waals surface area contributed by atoms with Gasteiger partial charge in [-0.15, -0.1) is 0 Å². The summed E-state index contributed by atoms with van der Waals surface area (Å²) in [6, 6.07) is 4.63. The molecule has 204 valence electrons. The molecule has 2 aromatic heterocycles. The third-order valence-electron chi connectivity index (χ3n) is 7.87. The third-order valence-corrected chi connectivity index (χ3v) is 7.87. The lowest BCUT2D eigenvalue weighted by atomic mass is 9.91. The van der Waals surface area contributed by atoms with E-state index < -0.39 is 5.60 Å². The van der Waals surface area contributed by atoms with Crippen molar-refractivity contribution in [3.63, 3.8) is 0 Å². The van der Waals surface area contributed by atoms with Crippen molar-refractivity contribution in [1.29, 1.82) is 0 Å². The Morgan fingerprint density at radius 3 is 2.61 bits per heavy atom. The van der Waals surface area contributed by atoms with E-state index >= 15 is 0 Å². The minimum Gasteiger partial charge on any atom is -0.485 e. The van der Waals surface area contributed by atoms with Gasteiger partial charge in [0.1, 0.15) is 18.0 Å². The second-order valence-corrected chi connectivity index (χ2v) is 11.6. The Balaban J connectivity index is 1.08. The summed E-state index contributed by atoms with van der Waals surface area (Å²) >= 11 is 0. The van der Waals surface area contributed by atoms with Crippen LogP contribution in [0, 0.1) is 0 Å². The highest BCUT2D eigenvalue weighted by molar-refractivity contribution is 5.73. The predicted octanol–water partition coefficient (Wildman–Crippen LogP) is 3.75. The van der Waals surface area contributed by atoms with Crippen LogP contribution in [0.2, 0.25) is 0 Å². The molecule has 0 atom stereocenters. The fraction of sp³-hybridized carbons (Fsp3) is 0.607. The van der Waals surface area contributed by atoms with Crippen molar-refractivity contribution in [3.8, 4) is 5.75 Å². The van der Waals surface area contributed by atoms with E-state index in [2.05, 4.69) is 32.2 Å². The number of hydrogen-bond acceptors (Lipinski definition) is 9. The molecule has 38 heavy (non-hydrogen) atoms. The van der Waals surface area contributed by atoms with E-state index in [9.17, 15) is 4.79 Å². The maximum atomic E-state index is 12.3. The number of likely N-dealkylation sites (tertiary alicyclic amines) is 2. The molecule has 3 saturated heterocycles. The number of carbonyl (C=O) groups is 1. The molecule has 0 bridgehead atoms. The molecule has 6 heterocycles. The van der Waals surface area contributed by atoms with Crippen LogP contribution in [0.15, 0.2) is 24.5 Å². The molecule has 6 rings (SSSR count). The standard InChI is InChI=1S/C28H38N6O4/c1-28(2,3)38-27(35)34-16-20(17-34)32-8-5-19(6-9-32)22-14-23-25(15-30-22)37-18-21-24(4-7-29-26(21)31-23)33-10-12-36-13-11-33/h4,7,14-15,19-20H,5-6,8-13,16-18H2,1-3H3,(H,29,31). The monoisotopic (exact) mass is 522 g/mol. The molecule has 0 saturated carbocycles. The Kier molecular flexibility index (Phi) is 6.77. The number of amides is 1. The fourth-order valence-corrected chi connectivity index (χ4v) is 5.73. The van der Waals surface area contributed by atoms with Crippen LogP contribution < -0.4 is 15.0 Å². The van der Waals surface area contributed by atoms with Gasteiger partial charge in [-0.1, -0.05) is 0 Å². The van der Waals surface area contributed by atoms with Crippen molar-refractivity contribution in [1.82, 2.24) is 19.8 Å². The number of pyridine rings is 2. The number of anilines is 3. The highest BCUT2D eigenvalue weighted by Crippen LogP contribution is 2.39. The first-order valence-electron chi connectivity index (χ1n) is 13.8. The van der Waals surface area contributed by atoms with Crippen molar-refractivity contribution < 1.29 is 19.0 Å². The topological polar surface area (TPSA) is 92.3 Å². The van der Waals surface area contributed by atoms with Crippen molar-refractivity contribution in [3.05, 3.63) is 35.8 Å². The highest BCUT2D eigenvalue weighted by Gasteiger charge is 2.38. The summed E-state index contributed by atoms with van der Waals surface area (Å²) in [6.45, 7) is 12.9. The van der Waals surface area contributed by atoms with Gasteiger partial charge in [-0.25, -0.2) is 9.78 Å². The summed E-state index contributed by atoms with van der Waals surface area (Å²) in [6.07, 6.45) is 5.61. The number of aromatic nitrogens is 2. The zero-order chi connectivity index (χ0) is 26.3. The summed E-state index contributed by atoms with van der Waals surface area (Å²) in [7, 11) is 0. The molecule has 4 aliphatic rings. The Hall–Kier alpha value is -3.11. The van der Waals surface area contributed by atoms with Crippen LogP contribution in [0.5, 0.6) is 5.75 Å². The zero-order valence-electron chi connectivity index (χ0n) is 22.6. The number of fused-ring (bicyclic) bond motifs is 2. The van der Waals surface area contributed by atoms with E-state index in [1.165, 1.54) is 0 Å². The first kappa shape index (κ1) is 25.2. The quantitative estimate of drug-likeness (QED) is 0.647. The van der Waals surface area contributed by atoms with Gasteiger partial charge in [0.25, 0.3) is 0 Å². The molecule has 0 unspecified atom stereocenters. The van der Waals surface area contributed by atoms with Gasteiger partial charge >= 0.3 is 6.09 Å². The van der Waals surface area contributed by atoms with E-state index in [0.29, 0.717) is 18.6 Å². The minimum atomic E-state index is -0.454. The molecule has 0 aliphatic carbocycles. The molecule has 0 aromatic carbocycles. The first-order chi connectivity index (χ1) is 18.3. The van der Waals surface area contributed by atoms with Gasteiger partial charge in [0, 0.05) is 55.7 Å². The van der Waals surface area contributed by atoms with Gasteiger partial charge in [-0.2, -0.15) is 0 Å². The number of hydrogen-bond donors (Lipinski definition) is 1. The molecule has 10 heteroatoms. The number of piperidine rings is 1. The average molecular weight is 523 g/mol. The van der Waals surface area contributed by atoms with Crippen LogP contribution in [0.25, 0.3) is 0 Å².